The molecule has 5 rings (SSSR count). The van der Waals surface area contributed by atoms with E-state index < -0.39 is 0 Å². The first kappa shape index (κ1) is 19.3. The molecular weight excluding hydrogens is 376 g/mol. The van der Waals surface area contributed by atoms with Crippen LogP contribution < -0.4 is 0 Å². The van der Waals surface area contributed by atoms with Crippen molar-refractivity contribution in [1.82, 2.24) is 19.4 Å². The van der Waals surface area contributed by atoms with Crippen LogP contribution in [0, 0.1) is 19.8 Å². The summed E-state index contributed by atoms with van der Waals surface area (Å²) in [6, 6.07) is 8.75. The third kappa shape index (κ3) is 3.42. The van der Waals surface area contributed by atoms with Gasteiger partial charge in [-0.3, -0.25) is 14.6 Å². The van der Waals surface area contributed by atoms with Crippen LogP contribution in [0.25, 0.3) is 0 Å². The number of likely N-dealkylation sites (tertiary alicyclic amines) is 2. The molecule has 0 N–H and O–H groups in total. The van der Waals surface area contributed by atoms with E-state index in [0.717, 1.165) is 61.4 Å². The number of aromatic nitrogens is 2. The molecule has 6 nitrogen and oxygen atoms in total. The summed E-state index contributed by atoms with van der Waals surface area (Å²) in [7, 11) is 0. The molecule has 3 fully saturated rings. The highest BCUT2D eigenvalue weighted by atomic mass is 16.2. The van der Waals surface area contributed by atoms with Crippen molar-refractivity contribution >= 4 is 11.8 Å². The Morgan fingerprint density at radius 3 is 2.73 bits per heavy atom. The van der Waals surface area contributed by atoms with Gasteiger partial charge in [0, 0.05) is 49.2 Å². The number of hydrogen-bond acceptors (Lipinski definition) is 3. The van der Waals surface area contributed by atoms with Crippen molar-refractivity contribution in [2.45, 2.75) is 64.6 Å². The number of fused-ring (bicyclic) bond motifs is 1. The fourth-order valence-corrected chi connectivity index (χ4v) is 5.39. The Morgan fingerprint density at radius 1 is 1.17 bits per heavy atom. The maximum Gasteiger partial charge on any atom is 0.255 e. The van der Waals surface area contributed by atoms with Gasteiger partial charge < -0.3 is 14.4 Å². The Morgan fingerprint density at radius 2 is 2.00 bits per heavy atom. The van der Waals surface area contributed by atoms with E-state index in [2.05, 4.69) is 21.4 Å². The number of pyridine rings is 1. The summed E-state index contributed by atoms with van der Waals surface area (Å²) in [5.41, 5.74) is 3.88. The Kier molecular flexibility index (Phi) is 4.88. The molecule has 2 atom stereocenters. The maximum atomic E-state index is 13.4. The molecule has 2 amide bonds. The van der Waals surface area contributed by atoms with E-state index in [0.29, 0.717) is 36.9 Å². The maximum absolute atomic E-state index is 13.4. The van der Waals surface area contributed by atoms with Gasteiger partial charge in [0.1, 0.15) is 0 Å². The quantitative estimate of drug-likeness (QED) is 0.784. The number of nitrogens with zero attached hydrogens (tertiary/aromatic N) is 4. The van der Waals surface area contributed by atoms with Crippen LogP contribution in [0.4, 0.5) is 0 Å². The van der Waals surface area contributed by atoms with Crippen molar-refractivity contribution in [3.05, 3.63) is 53.1 Å². The van der Waals surface area contributed by atoms with Crippen LogP contribution in [0.5, 0.6) is 0 Å². The van der Waals surface area contributed by atoms with Gasteiger partial charge in [0.2, 0.25) is 5.91 Å². The zero-order chi connectivity index (χ0) is 20.8. The lowest BCUT2D eigenvalue weighted by Gasteiger charge is -2.47. The Labute approximate surface area is 177 Å². The smallest absolute Gasteiger partial charge is 0.255 e. The average molecular weight is 407 g/mol. The van der Waals surface area contributed by atoms with Crippen molar-refractivity contribution in [2.24, 2.45) is 5.92 Å². The van der Waals surface area contributed by atoms with E-state index in [1.54, 1.807) is 6.20 Å². The van der Waals surface area contributed by atoms with Crippen LogP contribution in [0.1, 0.15) is 59.5 Å². The number of hydrogen-bond donors (Lipinski definition) is 0. The molecule has 0 spiro atoms. The number of aryl methyl sites for hydroxylation is 1. The second-order valence-corrected chi connectivity index (χ2v) is 9.13. The molecule has 1 aliphatic carbocycles. The van der Waals surface area contributed by atoms with Gasteiger partial charge in [-0.05, 0) is 63.6 Å². The number of piperidine rings is 2. The average Bonchev–Trinajstić information content (AvgIpc) is 3.56. The van der Waals surface area contributed by atoms with Gasteiger partial charge in [0.15, 0.2) is 0 Å². The highest BCUT2D eigenvalue weighted by molar-refractivity contribution is 5.96. The van der Waals surface area contributed by atoms with Crippen LogP contribution in [0.3, 0.4) is 0 Å². The zero-order valence-electron chi connectivity index (χ0n) is 17.9. The Hall–Kier alpha value is -2.63. The highest BCUT2D eigenvalue weighted by Crippen LogP contribution is 2.39. The van der Waals surface area contributed by atoms with E-state index in [1.807, 2.05) is 36.1 Å². The first-order valence-corrected chi connectivity index (χ1v) is 11.2. The van der Waals surface area contributed by atoms with Gasteiger partial charge in [0.25, 0.3) is 5.91 Å². The summed E-state index contributed by atoms with van der Waals surface area (Å²) in [5, 5.41) is 0. The summed E-state index contributed by atoms with van der Waals surface area (Å²) in [5.74, 6) is 0.873. The van der Waals surface area contributed by atoms with Gasteiger partial charge >= 0.3 is 0 Å². The predicted octanol–water partition coefficient (Wildman–Crippen LogP) is 3.16. The van der Waals surface area contributed by atoms with Crippen molar-refractivity contribution < 1.29 is 9.59 Å². The first-order chi connectivity index (χ1) is 14.5. The summed E-state index contributed by atoms with van der Waals surface area (Å²) in [6.07, 6.45) is 6.57. The molecule has 0 aromatic carbocycles. The molecule has 3 aliphatic rings. The molecule has 0 bridgehead atoms. The van der Waals surface area contributed by atoms with Crippen molar-refractivity contribution in [2.75, 3.05) is 13.1 Å². The van der Waals surface area contributed by atoms with Crippen molar-refractivity contribution in [1.29, 1.82) is 0 Å². The van der Waals surface area contributed by atoms with Crippen LogP contribution in [-0.2, 0) is 11.3 Å². The number of rotatable bonds is 4. The molecule has 6 heteroatoms. The fraction of sp³-hybridized carbons (Fsp3) is 0.542. The summed E-state index contributed by atoms with van der Waals surface area (Å²) in [6.45, 7) is 6.27. The van der Waals surface area contributed by atoms with E-state index in [1.165, 1.54) is 0 Å². The van der Waals surface area contributed by atoms with Crippen LogP contribution in [-0.4, -0.2) is 56.3 Å². The van der Waals surface area contributed by atoms with Crippen molar-refractivity contribution in [3.8, 4) is 0 Å². The number of carbonyl (C=O) groups excluding carboxylic acids is 2. The van der Waals surface area contributed by atoms with Gasteiger partial charge in [-0.15, -0.1) is 0 Å². The molecule has 1 saturated carbocycles. The summed E-state index contributed by atoms with van der Waals surface area (Å²) in [4.78, 5) is 34.5. The van der Waals surface area contributed by atoms with Gasteiger partial charge in [0.05, 0.1) is 17.8 Å². The molecule has 4 heterocycles. The molecular formula is C24H30N4O2. The Balaban J connectivity index is 1.32. The Bertz CT molecular complexity index is 963. The van der Waals surface area contributed by atoms with Crippen LogP contribution in [0.15, 0.2) is 30.5 Å². The predicted molar refractivity (Wildman–Crippen MR) is 114 cm³/mol. The van der Waals surface area contributed by atoms with E-state index in [4.69, 9.17) is 0 Å². The monoisotopic (exact) mass is 406 g/mol. The summed E-state index contributed by atoms with van der Waals surface area (Å²) >= 11 is 0. The third-order valence-corrected chi connectivity index (χ3v) is 7.15. The zero-order valence-corrected chi connectivity index (χ0v) is 17.9. The SMILES string of the molecule is Cc1cc(C(=O)N2CC[C@H]3[C@@H](CCC(=O)N3C3CC3)C2)c(C)n1Cc1ccccn1. The van der Waals surface area contributed by atoms with Gasteiger partial charge in [-0.25, -0.2) is 0 Å². The number of carbonyl (C=O) groups is 2. The first-order valence-electron chi connectivity index (χ1n) is 11.2. The molecule has 2 aromatic rings. The normalized spacial score (nSPS) is 24.1. The molecule has 158 valence electrons. The molecule has 0 radical (unpaired) electrons. The fourth-order valence-electron chi connectivity index (χ4n) is 5.39. The minimum absolute atomic E-state index is 0.128. The second kappa shape index (κ2) is 7.56. The minimum atomic E-state index is 0.128. The van der Waals surface area contributed by atoms with Gasteiger partial charge in [-0.1, -0.05) is 6.07 Å². The summed E-state index contributed by atoms with van der Waals surface area (Å²) < 4.78 is 2.18. The van der Waals surface area contributed by atoms with Crippen molar-refractivity contribution in [3.63, 3.8) is 0 Å². The second-order valence-electron chi connectivity index (χ2n) is 9.13. The molecule has 2 aromatic heterocycles. The largest absolute Gasteiger partial charge is 0.342 e. The highest BCUT2D eigenvalue weighted by Gasteiger charge is 2.46. The van der Waals surface area contributed by atoms with Gasteiger partial charge in [-0.2, -0.15) is 0 Å². The molecule has 30 heavy (non-hydrogen) atoms. The minimum Gasteiger partial charge on any atom is -0.342 e. The van der Waals surface area contributed by atoms with E-state index in [-0.39, 0.29) is 5.91 Å². The molecule has 2 aliphatic heterocycles. The third-order valence-electron chi connectivity index (χ3n) is 7.15. The van der Waals surface area contributed by atoms with Crippen LogP contribution >= 0.6 is 0 Å². The van der Waals surface area contributed by atoms with E-state index in [9.17, 15) is 9.59 Å². The van der Waals surface area contributed by atoms with Crippen LogP contribution in [0.2, 0.25) is 0 Å². The molecule has 2 saturated heterocycles. The lowest BCUT2D eigenvalue weighted by molar-refractivity contribution is -0.141. The lowest BCUT2D eigenvalue weighted by atomic mass is 9.83. The van der Waals surface area contributed by atoms with E-state index >= 15 is 0 Å². The standard InChI is InChI=1S/C24H30N4O2/c1-16-13-21(17(2)27(16)15-19-5-3-4-11-25-19)24(30)26-12-10-22-18(14-26)6-9-23(29)28(22)20-7-8-20/h3-5,11,13,18,20,22H,6-10,12,14-15H2,1-2H3/t18-,22-/m0/s1. The number of amides is 2. The molecule has 0 unspecified atom stereocenters. The topological polar surface area (TPSA) is 58.4 Å². The lowest BCUT2D eigenvalue weighted by Crippen LogP contribution is -2.57.